The van der Waals surface area contributed by atoms with Crippen molar-refractivity contribution in [3.63, 3.8) is 0 Å². The van der Waals surface area contributed by atoms with Gasteiger partial charge in [-0.25, -0.2) is 9.97 Å². The van der Waals surface area contributed by atoms with Gasteiger partial charge >= 0.3 is 0 Å². The summed E-state index contributed by atoms with van der Waals surface area (Å²) in [5, 5.41) is 6.12. The first kappa shape index (κ1) is 18.4. The molecule has 0 spiro atoms. The normalized spacial score (nSPS) is 16.7. The maximum Gasteiger partial charge on any atom is 0.250 e. The van der Waals surface area contributed by atoms with Crippen LogP contribution in [0.2, 0.25) is 0 Å². The molecule has 0 atom stereocenters. The summed E-state index contributed by atoms with van der Waals surface area (Å²) in [4.78, 5) is 20.1. The molecule has 0 radical (unpaired) electrons. The SMILES string of the molecule is C1=NCCN1c1ccc(-c2cnc3ncc(C4(c5ccc6ncccc6c5)CC4)n3n2)cc1. The van der Waals surface area contributed by atoms with Crippen LogP contribution in [0.25, 0.3) is 27.9 Å². The summed E-state index contributed by atoms with van der Waals surface area (Å²) in [7, 11) is 0. The molecule has 3 aromatic heterocycles. The molecule has 1 aliphatic heterocycles. The third-order valence-electron chi connectivity index (χ3n) is 6.81. The van der Waals surface area contributed by atoms with Crippen LogP contribution in [0.1, 0.15) is 24.1 Å². The molecular weight excluding hydrogens is 410 g/mol. The number of rotatable bonds is 4. The van der Waals surface area contributed by atoms with Gasteiger partial charge in [0.2, 0.25) is 0 Å². The van der Waals surface area contributed by atoms with Crippen molar-refractivity contribution in [2.45, 2.75) is 18.3 Å². The van der Waals surface area contributed by atoms with Gasteiger partial charge in [0.1, 0.15) is 5.69 Å². The van der Waals surface area contributed by atoms with Crippen molar-refractivity contribution in [2.75, 3.05) is 18.0 Å². The Labute approximate surface area is 190 Å². The predicted molar refractivity (Wildman–Crippen MR) is 129 cm³/mol. The van der Waals surface area contributed by atoms with E-state index in [2.05, 4.69) is 73.4 Å². The van der Waals surface area contributed by atoms with Gasteiger partial charge in [0.15, 0.2) is 0 Å². The average molecular weight is 432 g/mol. The van der Waals surface area contributed by atoms with Gasteiger partial charge in [-0.15, -0.1) is 0 Å². The molecule has 1 saturated carbocycles. The molecule has 2 aromatic carbocycles. The molecule has 33 heavy (non-hydrogen) atoms. The zero-order valence-electron chi connectivity index (χ0n) is 18.0. The van der Waals surface area contributed by atoms with Crippen molar-refractivity contribution in [2.24, 2.45) is 4.99 Å². The fourth-order valence-electron chi connectivity index (χ4n) is 4.82. The Morgan fingerprint density at radius 2 is 1.76 bits per heavy atom. The van der Waals surface area contributed by atoms with Crippen LogP contribution in [0.3, 0.4) is 0 Å². The summed E-state index contributed by atoms with van der Waals surface area (Å²) in [5.74, 6) is 0.632. The first-order chi connectivity index (χ1) is 16.3. The van der Waals surface area contributed by atoms with Gasteiger partial charge < -0.3 is 4.90 Å². The van der Waals surface area contributed by atoms with E-state index in [1.54, 1.807) is 6.20 Å². The number of imidazole rings is 1. The van der Waals surface area contributed by atoms with Crippen LogP contribution in [0.15, 0.2) is 78.2 Å². The standard InChI is InChI=1S/C26H21N7/c1-2-19-14-20(5-8-22(19)28-11-1)26(9-10-26)24-16-30-25-29-15-23(31-33(24)25)18-3-6-21(7-4-18)32-13-12-27-17-32/h1-8,11,14-17H,9-10,12-13H2. The molecule has 0 saturated heterocycles. The van der Waals surface area contributed by atoms with Crippen molar-refractivity contribution in [1.82, 2.24) is 24.6 Å². The van der Waals surface area contributed by atoms with E-state index in [9.17, 15) is 0 Å². The van der Waals surface area contributed by atoms with Crippen molar-refractivity contribution in [1.29, 1.82) is 0 Å². The molecule has 4 heterocycles. The van der Waals surface area contributed by atoms with E-state index in [0.29, 0.717) is 5.78 Å². The highest BCUT2D eigenvalue weighted by molar-refractivity contribution is 5.82. The van der Waals surface area contributed by atoms with Crippen LogP contribution in [0, 0.1) is 0 Å². The quantitative estimate of drug-likeness (QED) is 0.425. The summed E-state index contributed by atoms with van der Waals surface area (Å²) < 4.78 is 1.93. The number of benzene rings is 2. The second-order valence-corrected chi connectivity index (χ2v) is 8.75. The van der Waals surface area contributed by atoms with Crippen LogP contribution >= 0.6 is 0 Å². The Hall–Kier alpha value is -4.13. The van der Waals surface area contributed by atoms with Crippen molar-refractivity contribution >= 4 is 28.7 Å². The number of aliphatic imine (C=N–C) groups is 1. The lowest BCUT2D eigenvalue weighted by Crippen LogP contribution is -2.17. The maximum absolute atomic E-state index is 4.97. The molecule has 2 aliphatic rings. The van der Waals surface area contributed by atoms with E-state index in [0.717, 1.165) is 59.5 Å². The van der Waals surface area contributed by atoms with E-state index < -0.39 is 0 Å². The molecule has 1 aliphatic carbocycles. The van der Waals surface area contributed by atoms with Gasteiger partial charge in [0.05, 0.1) is 36.5 Å². The molecule has 0 unspecified atom stereocenters. The number of hydrogen-bond acceptors (Lipinski definition) is 6. The lowest BCUT2D eigenvalue weighted by molar-refractivity contribution is 0.739. The Kier molecular flexibility index (Phi) is 3.88. The van der Waals surface area contributed by atoms with Gasteiger partial charge in [0.25, 0.3) is 5.78 Å². The first-order valence-electron chi connectivity index (χ1n) is 11.2. The molecule has 7 nitrogen and oxygen atoms in total. The average Bonchev–Trinajstić information content (AvgIpc) is 3.29. The molecule has 7 rings (SSSR count). The molecule has 0 N–H and O–H groups in total. The Balaban J connectivity index is 1.28. The van der Waals surface area contributed by atoms with Crippen molar-refractivity contribution in [3.05, 3.63) is 84.4 Å². The molecule has 0 bridgehead atoms. The van der Waals surface area contributed by atoms with E-state index >= 15 is 0 Å². The second-order valence-electron chi connectivity index (χ2n) is 8.75. The van der Waals surface area contributed by atoms with Gasteiger partial charge in [-0.3, -0.25) is 9.98 Å². The molecule has 160 valence electrons. The monoisotopic (exact) mass is 431 g/mol. The van der Waals surface area contributed by atoms with E-state index in [-0.39, 0.29) is 5.41 Å². The molecule has 1 fully saturated rings. The fraction of sp³-hybridized carbons (Fsp3) is 0.192. The van der Waals surface area contributed by atoms with E-state index in [1.165, 1.54) is 5.56 Å². The summed E-state index contributed by atoms with van der Waals surface area (Å²) >= 11 is 0. The largest absolute Gasteiger partial charge is 0.331 e. The number of hydrogen-bond donors (Lipinski definition) is 0. The first-order valence-corrected chi connectivity index (χ1v) is 11.2. The topological polar surface area (TPSA) is 71.6 Å². The van der Waals surface area contributed by atoms with Crippen LogP contribution in [-0.4, -0.2) is 44.0 Å². The van der Waals surface area contributed by atoms with Crippen LogP contribution < -0.4 is 4.90 Å². The number of fused-ring (bicyclic) bond motifs is 2. The van der Waals surface area contributed by atoms with Gasteiger partial charge in [-0.2, -0.15) is 9.61 Å². The van der Waals surface area contributed by atoms with Crippen LogP contribution in [0.5, 0.6) is 0 Å². The summed E-state index contributed by atoms with van der Waals surface area (Å²) in [6, 6.07) is 19.1. The second kappa shape index (κ2) is 6.93. The zero-order valence-corrected chi connectivity index (χ0v) is 18.0. The zero-order chi connectivity index (χ0) is 21.8. The lowest BCUT2D eigenvalue weighted by Gasteiger charge is -2.16. The number of anilines is 1. The van der Waals surface area contributed by atoms with E-state index in [4.69, 9.17) is 5.10 Å². The minimum Gasteiger partial charge on any atom is -0.331 e. The van der Waals surface area contributed by atoms with E-state index in [1.807, 2.05) is 29.3 Å². The smallest absolute Gasteiger partial charge is 0.250 e. The minimum absolute atomic E-state index is 0.0737. The van der Waals surface area contributed by atoms with Crippen LogP contribution in [0.4, 0.5) is 5.69 Å². The Morgan fingerprint density at radius 3 is 2.58 bits per heavy atom. The Morgan fingerprint density at radius 1 is 0.879 bits per heavy atom. The van der Waals surface area contributed by atoms with Crippen molar-refractivity contribution < 1.29 is 0 Å². The van der Waals surface area contributed by atoms with Crippen LogP contribution in [-0.2, 0) is 5.41 Å². The van der Waals surface area contributed by atoms with Gasteiger partial charge in [0, 0.05) is 34.8 Å². The highest BCUT2D eigenvalue weighted by Gasteiger charge is 2.48. The summed E-state index contributed by atoms with van der Waals surface area (Å²) in [6.45, 7) is 1.78. The summed E-state index contributed by atoms with van der Waals surface area (Å²) in [5.41, 5.74) is 6.33. The Bertz CT molecular complexity index is 1530. The maximum atomic E-state index is 4.97. The van der Waals surface area contributed by atoms with Gasteiger partial charge in [-0.1, -0.05) is 24.3 Å². The molecule has 7 heteroatoms. The third kappa shape index (κ3) is 2.92. The fourth-order valence-corrected chi connectivity index (χ4v) is 4.82. The molecule has 5 aromatic rings. The number of pyridine rings is 1. The number of aromatic nitrogens is 5. The van der Waals surface area contributed by atoms with Gasteiger partial charge in [-0.05, 0) is 48.7 Å². The minimum atomic E-state index is -0.0737. The highest BCUT2D eigenvalue weighted by Crippen LogP contribution is 2.53. The highest BCUT2D eigenvalue weighted by atomic mass is 15.3. The summed E-state index contributed by atoms with van der Waals surface area (Å²) in [6.07, 6.45) is 9.63. The van der Waals surface area contributed by atoms with Crippen molar-refractivity contribution in [3.8, 4) is 11.3 Å². The third-order valence-corrected chi connectivity index (χ3v) is 6.81. The predicted octanol–water partition coefficient (Wildman–Crippen LogP) is 4.27. The molecular formula is C26H21N7. The number of nitrogens with zero attached hydrogens (tertiary/aromatic N) is 7. The molecule has 0 amide bonds. The lowest BCUT2D eigenvalue weighted by atomic mass is 9.91.